The Morgan fingerprint density at radius 2 is 0.500 bits per heavy atom. The van der Waals surface area contributed by atoms with E-state index in [4.69, 9.17) is 0 Å². The quantitative estimate of drug-likeness (QED) is 0.302. The third-order valence-electron chi connectivity index (χ3n) is 0. The van der Waals surface area contributed by atoms with E-state index in [0.717, 1.165) is 0 Å². The molecule has 0 saturated heterocycles. The largest absolute Gasteiger partial charge is 1.00 e. The minimum Gasteiger partial charge on any atom is -1.00 e. The van der Waals surface area contributed by atoms with E-state index < -0.39 is 0 Å². The Labute approximate surface area is 92.7 Å². The van der Waals surface area contributed by atoms with Crippen LogP contribution in [0.25, 0.3) is 0 Å². The topological polar surface area (TPSA) is 31.5 Å². The molecule has 0 aromatic rings. The third-order valence-corrected chi connectivity index (χ3v) is 0. The van der Waals surface area contributed by atoms with Gasteiger partial charge in [0.25, 0.3) is 0 Å². The van der Waals surface area contributed by atoms with E-state index in [1.54, 1.807) is 0 Å². The average molecular weight is 524 g/mol. The molecule has 0 aliphatic heterocycles. The minimum absolute atomic E-state index is 0. The van der Waals surface area contributed by atoms with Gasteiger partial charge in [0, 0.05) is 20.4 Å². The van der Waals surface area contributed by atoms with Crippen LogP contribution in [0.5, 0.6) is 0 Å². The smallest absolute Gasteiger partial charge is 0 e. The van der Waals surface area contributed by atoms with Crippen LogP contribution in [0.3, 0.4) is 0 Å². The summed E-state index contributed by atoms with van der Waals surface area (Å²) in [6.07, 6.45) is 0. The molecule has 1 nitrogen and oxygen atoms in total. The van der Waals surface area contributed by atoms with E-state index in [9.17, 15) is 0 Å². The van der Waals surface area contributed by atoms with Crippen molar-refractivity contribution in [3.63, 3.8) is 0 Å². The van der Waals surface area contributed by atoms with Gasteiger partial charge in [-0.25, -0.2) is 0 Å². The Bertz CT molecular complexity index is 7.51. The Kier molecular flexibility index (Phi) is 626. The normalized spacial score (nSPS) is 0. The fourth-order valence-electron chi connectivity index (χ4n) is 0. The van der Waals surface area contributed by atoms with Crippen molar-refractivity contribution in [3.8, 4) is 0 Å². The monoisotopic (exact) mass is 521 g/mol. The third kappa shape index (κ3) is 31.1. The van der Waals surface area contributed by atoms with Crippen LogP contribution < -0.4 is 67.9 Å². The van der Waals surface area contributed by atoms with Gasteiger partial charge in [-0.05, 0) is 0 Å². The molecule has 0 amide bonds. The summed E-state index contributed by atoms with van der Waals surface area (Å²) >= 11 is 0. The van der Waals surface area contributed by atoms with Crippen LogP contribution in [0.1, 0.15) is 0 Å². The van der Waals surface area contributed by atoms with Crippen LogP contribution in [0.15, 0.2) is 0 Å². The van der Waals surface area contributed by atoms with Crippen molar-refractivity contribution >= 4 is 0 Å². The predicted molar refractivity (Wildman–Crippen MR) is 3.61 cm³/mol. The van der Waals surface area contributed by atoms with Gasteiger partial charge >= 0.3 is 0 Å². The Morgan fingerprint density at radius 1 is 0.500 bits per heavy atom. The van der Waals surface area contributed by atoms with E-state index >= 15 is 0 Å². The van der Waals surface area contributed by atoms with Gasteiger partial charge in [0.1, 0.15) is 0 Å². The van der Waals surface area contributed by atoms with Gasteiger partial charge in [0.05, 0.1) is 0 Å². The molecule has 6 heavy (non-hydrogen) atoms. The second kappa shape index (κ2) is 49.9. The van der Waals surface area contributed by atoms with Crippen molar-refractivity contribution < 1.29 is 93.8 Å². The van der Waals surface area contributed by atoms with Crippen molar-refractivity contribution in [1.82, 2.24) is 0 Å². The molecule has 0 unspecified atom stereocenters. The zero-order valence-corrected chi connectivity index (χ0v) is 11.4. The number of hydrogen-bond donors (Lipinski definition) is 0. The molecule has 0 rings (SSSR count). The SMILES string of the molecule is O.[Br-].[Br-].[Br-].[Br-].[Re]. The standard InChI is InChI=1S/4BrH.H2O.Re/h4*1H;1H2;/p-4. The molecule has 0 spiro atoms. The van der Waals surface area contributed by atoms with Crippen molar-refractivity contribution in [2.24, 2.45) is 0 Å². The summed E-state index contributed by atoms with van der Waals surface area (Å²) in [6.45, 7) is 0. The molecule has 2 N–H and O–H groups in total. The summed E-state index contributed by atoms with van der Waals surface area (Å²) in [5, 5.41) is 0. The predicted octanol–water partition coefficient (Wildman–Crippen LogP) is -12.8. The van der Waals surface area contributed by atoms with Gasteiger partial charge in [-0.2, -0.15) is 0 Å². The van der Waals surface area contributed by atoms with Gasteiger partial charge in [0.2, 0.25) is 0 Å². The van der Waals surface area contributed by atoms with Gasteiger partial charge < -0.3 is 73.4 Å². The van der Waals surface area contributed by atoms with E-state index in [0.29, 0.717) is 0 Å². The first-order chi connectivity index (χ1) is 0. The zero-order valence-electron chi connectivity index (χ0n) is 2.39. The second-order valence-electron chi connectivity index (χ2n) is 0. The van der Waals surface area contributed by atoms with Gasteiger partial charge in [-0.1, -0.05) is 0 Å². The number of rotatable bonds is 0. The summed E-state index contributed by atoms with van der Waals surface area (Å²) in [6, 6.07) is 0. The van der Waals surface area contributed by atoms with E-state index in [-0.39, 0.29) is 93.8 Å². The van der Waals surface area contributed by atoms with Gasteiger partial charge in [-0.3, -0.25) is 0 Å². The van der Waals surface area contributed by atoms with Crippen molar-refractivity contribution in [3.05, 3.63) is 0 Å². The summed E-state index contributed by atoms with van der Waals surface area (Å²) < 4.78 is 0. The minimum atomic E-state index is 0. The maximum Gasteiger partial charge on any atom is 0 e. The number of halogens is 4. The molecule has 0 bridgehead atoms. The molecule has 0 aromatic heterocycles. The van der Waals surface area contributed by atoms with Gasteiger partial charge in [-0.15, -0.1) is 0 Å². The van der Waals surface area contributed by atoms with Crippen LogP contribution in [-0.4, -0.2) is 5.48 Å². The molecule has 0 aliphatic carbocycles. The summed E-state index contributed by atoms with van der Waals surface area (Å²) in [5.74, 6) is 0. The maximum absolute atomic E-state index is 0. The van der Waals surface area contributed by atoms with E-state index in [2.05, 4.69) is 0 Å². The fraction of sp³-hybridized carbons (Fsp3) is 0. The molecule has 1 radical (unpaired) electrons. The molecule has 6 heteroatoms. The fourth-order valence-corrected chi connectivity index (χ4v) is 0. The maximum atomic E-state index is 0. The first-order valence-electron chi connectivity index (χ1n) is 0. The number of hydrogen-bond acceptors (Lipinski definition) is 0. The van der Waals surface area contributed by atoms with Crippen molar-refractivity contribution in [1.29, 1.82) is 0 Å². The van der Waals surface area contributed by atoms with Crippen molar-refractivity contribution in [2.75, 3.05) is 0 Å². The average Bonchev–Trinajstić information content (AvgIpc) is 0. The van der Waals surface area contributed by atoms with E-state index in [1.807, 2.05) is 0 Å². The van der Waals surface area contributed by atoms with Crippen LogP contribution >= 0.6 is 0 Å². The Morgan fingerprint density at radius 3 is 0.500 bits per heavy atom. The second-order valence-corrected chi connectivity index (χ2v) is 0. The van der Waals surface area contributed by atoms with Crippen molar-refractivity contribution in [2.45, 2.75) is 0 Å². The summed E-state index contributed by atoms with van der Waals surface area (Å²) in [7, 11) is 0. The van der Waals surface area contributed by atoms with Gasteiger partial charge in [0.15, 0.2) is 0 Å². The van der Waals surface area contributed by atoms with Crippen LogP contribution in [0, 0.1) is 0 Å². The Balaban J connectivity index is 0. The molecular formula is H2Br4ORe-4. The molecule has 47 valence electrons. The molecule has 0 atom stereocenters. The molecule has 0 aliphatic rings. The molecule has 0 fully saturated rings. The van der Waals surface area contributed by atoms with E-state index in [1.165, 1.54) is 0 Å². The van der Waals surface area contributed by atoms with Crippen LogP contribution in [-0.2, 0) is 20.4 Å². The molecule has 0 heterocycles. The first kappa shape index (κ1) is 75.2. The van der Waals surface area contributed by atoms with Crippen LogP contribution in [0.2, 0.25) is 0 Å². The Hall–Kier alpha value is 2.54. The zero-order chi connectivity index (χ0) is 0. The summed E-state index contributed by atoms with van der Waals surface area (Å²) in [4.78, 5) is 0. The molecule has 0 aromatic carbocycles. The van der Waals surface area contributed by atoms with Crippen LogP contribution in [0.4, 0.5) is 0 Å². The molecular weight excluding hydrogens is 522 g/mol. The molecule has 0 saturated carbocycles. The summed E-state index contributed by atoms with van der Waals surface area (Å²) in [5.41, 5.74) is 0. The first-order valence-corrected chi connectivity index (χ1v) is 0.